The van der Waals surface area contributed by atoms with E-state index >= 15 is 0 Å². The third kappa shape index (κ3) is 3.24. The molecule has 0 unspecified atom stereocenters. The summed E-state index contributed by atoms with van der Waals surface area (Å²) in [5.74, 6) is 0. The second-order valence-electron chi connectivity index (χ2n) is 7.06. The first kappa shape index (κ1) is 18.6. The predicted molar refractivity (Wildman–Crippen MR) is 106 cm³/mol. The summed E-state index contributed by atoms with van der Waals surface area (Å²) in [6.45, 7) is 13.1. The average molecular weight is 391 g/mol. The third-order valence-electron chi connectivity index (χ3n) is 4.63. The van der Waals surface area contributed by atoms with Crippen molar-refractivity contribution in [2.24, 2.45) is 0 Å². The van der Waals surface area contributed by atoms with E-state index in [0.717, 1.165) is 0 Å². The van der Waals surface area contributed by atoms with Crippen LogP contribution in [-0.4, -0.2) is 30.5 Å². The summed E-state index contributed by atoms with van der Waals surface area (Å²) in [5.41, 5.74) is 7.91. The Bertz CT molecular complexity index is 646. The van der Waals surface area contributed by atoms with Gasteiger partial charge in [0, 0.05) is 0 Å². The van der Waals surface area contributed by atoms with Gasteiger partial charge in [0.25, 0.3) is 0 Å². The first-order chi connectivity index (χ1) is 10.6. The summed E-state index contributed by atoms with van der Waals surface area (Å²) in [5, 5.41) is 0. The molecule has 2 aromatic rings. The van der Waals surface area contributed by atoms with Crippen molar-refractivity contribution in [1.82, 2.24) is 3.86 Å². The number of benzene rings is 2. The van der Waals surface area contributed by atoms with Gasteiger partial charge in [0.05, 0.1) is 0 Å². The van der Waals surface area contributed by atoms with E-state index in [1.807, 2.05) is 0 Å². The van der Waals surface area contributed by atoms with Crippen LogP contribution < -0.4 is 8.79 Å². The first-order valence-corrected chi connectivity index (χ1v) is 13.9. The first-order valence-electron chi connectivity index (χ1n) is 8.12. The summed E-state index contributed by atoms with van der Waals surface area (Å²) < 4.78 is 5.09. The summed E-state index contributed by atoms with van der Waals surface area (Å²) in [6, 6.07) is 9.08. The summed E-state index contributed by atoms with van der Waals surface area (Å²) in [4.78, 5) is 0. The van der Waals surface area contributed by atoms with Crippen LogP contribution in [0.4, 0.5) is 0 Å². The van der Waals surface area contributed by atoms with Gasteiger partial charge in [0.15, 0.2) is 0 Å². The molecule has 3 heteroatoms. The molecule has 0 aliphatic heterocycles. The number of halogens is 1. The maximum atomic E-state index is 7.56. The molecule has 23 heavy (non-hydrogen) atoms. The van der Waals surface area contributed by atoms with E-state index in [4.69, 9.17) is 10.0 Å². The molecule has 1 nitrogen and oxygen atoms in total. The van der Waals surface area contributed by atoms with Gasteiger partial charge in [-0.1, -0.05) is 0 Å². The fourth-order valence-electron chi connectivity index (χ4n) is 3.98. The Labute approximate surface area is 148 Å². The fraction of sp³-hybridized carbons (Fsp3) is 0.400. The van der Waals surface area contributed by atoms with Crippen LogP contribution in [0.15, 0.2) is 24.3 Å². The maximum absolute atomic E-state index is 7.56. The molecule has 0 saturated carbocycles. The van der Waals surface area contributed by atoms with E-state index in [1.165, 1.54) is 42.2 Å². The van der Waals surface area contributed by atoms with Crippen molar-refractivity contribution in [3.8, 4) is 0 Å². The van der Waals surface area contributed by atoms with Crippen LogP contribution in [0.25, 0.3) is 0 Å². The molecule has 124 valence electrons. The predicted octanol–water partition coefficient (Wildman–Crippen LogP) is 3.89. The number of hydrogen-bond donors (Lipinski definition) is 0. The molecule has 0 bridgehead atoms. The molecule has 0 amide bonds. The Morgan fingerprint density at radius 1 is 0.652 bits per heavy atom. The van der Waals surface area contributed by atoms with Gasteiger partial charge in [-0.15, -0.1) is 0 Å². The molecular formula is C20H28ClGeN. The summed E-state index contributed by atoms with van der Waals surface area (Å²) in [7, 11) is 11.9. The second-order valence-corrected chi connectivity index (χ2v) is 16.5. The summed E-state index contributed by atoms with van der Waals surface area (Å²) in [6.07, 6.45) is 0. The molecule has 0 aromatic heterocycles. The Kier molecular flexibility index (Phi) is 5.35. The van der Waals surface area contributed by atoms with Gasteiger partial charge in [-0.2, -0.15) is 0 Å². The van der Waals surface area contributed by atoms with E-state index in [1.54, 1.807) is 0 Å². The number of nitrogens with zero attached hydrogens (tertiary/aromatic N) is 1. The average Bonchev–Trinajstić information content (AvgIpc) is 2.35. The van der Waals surface area contributed by atoms with Gasteiger partial charge >= 0.3 is 149 Å². The van der Waals surface area contributed by atoms with E-state index < -0.39 is 12.6 Å². The van der Waals surface area contributed by atoms with Crippen LogP contribution in [0.1, 0.15) is 33.4 Å². The minimum absolute atomic E-state index is 1.31. The molecule has 0 aliphatic carbocycles. The van der Waals surface area contributed by atoms with E-state index in [-0.39, 0.29) is 0 Å². The summed E-state index contributed by atoms with van der Waals surface area (Å²) >= 11 is -3.14. The molecule has 0 N–H and O–H groups in total. The van der Waals surface area contributed by atoms with E-state index in [9.17, 15) is 0 Å². The van der Waals surface area contributed by atoms with E-state index in [2.05, 4.69) is 83.8 Å². The van der Waals surface area contributed by atoms with Crippen LogP contribution in [-0.2, 0) is 0 Å². The van der Waals surface area contributed by atoms with Gasteiger partial charge in [0.1, 0.15) is 0 Å². The van der Waals surface area contributed by atoms with Crippen molar-refractivity contribution in [2.75, 3.05) is 14.1 Å². The zero-order chi connectivity index (χ0) is 17.5. The van der Waals surface area contributed by atoms with Crippen LogP contribution >= 0.6 is 10.0 Å². The van der Waals surface area contributed by atoms with Crippen molar-refractivity contribution < 1.29 is 0 Å². The Morgan fingerprint density at radius 2 is 0.913 bits per heavy atom. The van der Waals surface area contributed by atoms with Crippen LogP contribution in [0.2, 0.25) is 0 Å². The topological polar surface area (TPSA) is 3.24 Å². The van der Waals surface area contributed by atoms with Gasteiger partial charge in [-0.25, -0.2) is 0 Å². The van der Waals surface area contributed by atoms with Gasteiger partial charge in [-0.3, -0.25) is 0 Å². The van der Waals surface area contributed by atoms with Crippen LogP contribution in [0, 0.1) is 41.5 Å². The molecule has 2 aromatic carbocycles. The van der Waals surface area contributed by atoms with Gasteiger partial charge < -0.3 is 0 Å². The number of hydrogen-bond acceptors (Lipinski definition) is 1. The molecule has 0 spiro atoms. The monoisotopic (exact) mass is 391 g/mol. The normalized spacial score (nSPS) is 12.1. The third-order valence-corrected chi connectivity index (χ3v) is 17.0. The van der Waals surface area contributed by atoms with Crippen LogP contribution in [0.5, 0.6) is 0 Å². The Morgan fingerprint density at radius 3 is 1.13 bits per heavy atom. The zero-order valence-corrected chi connectivity index (χ0v) is 18.5. The van der Waals surface area contributed by atoms with Gasteiger partial charge in [-0.05, 0) is 0 Å². The standard InChI is InChI=1S/C20H28ClGeN/c1-13-9-15(3)19(16(4)10-13)22(21,23(7)8)20-17(5)11-14(2)12-18(20)6/h9-12H,1-8H3. The molecule has 0 radical (unpaired) electrons. The van der Waals surface area contributed by atoms with Crippen LogP contribution in [0.3, 0.4) is 0 Å². The molecule has 0 aliphatic rings. The fourth-order valence-corrected chi connectivity index (χ4v) is 14.5. The van der Waals surface area contributed by atoms with Crippen molar-refractivity contribution in [1.29, 1.82) is 0 Å². The van der Waals surface area contributed by atoms with E-state index in [0.29, 0.717) is 0 Å². The van der Waals surface area contributed by atoms with Crippen molar-refractivity contribution in [3.63, 3.8) is 0 Å². The SMILES string of the molecule is Cc1cc(C)[c]([Ge]([Cl])([c]2c(C)cc(C)cc2C)[N](C)C)c(C)c1. The van der Waals surface area contributed by atoms with Crippen molar-refractivity contribution in [3.05, 3.63) is 57.6 Å². The van der Waals surface area contributed by atoms with Crippen molar-refractivity contribution in [2.45, 2.75) is 41.5 Å². The number of rotatable bonds is 3. The van der Waals surface area contributed by atoms with Crippen molar-refractivity contribution >= 4 is 31.4 Å². The molecule has 2 rings (SSSR count). The van der Waals surface area contributed by atoms with Gasteiger partial charge in [0.2, 0.25) is 0 Å². The Balaban J connectivity index is 2.87. The Hall–Kier alpha value is -0.767. The molecule has 0 saturated heterocycles. The molecular weight excluding hydrogens is 362 g/mol. The quantitative estimate of drug-likeness (QED) is 0.719. The zero-order valence-electron chi connectivity index (χ0n) is 15.6. The number of aryl methyl sites for hydroxylation is 6. The second kappa shape index (κ2) is 6.62. The molecule has 0 heterocycles. The molecule has 0 atom stereocenters. The minimum atomic E-state index is -3.14. The molecule has 0 fully saturated rings.